The number of hydrogen-bond acceptors (Lipinski definition) is 3. The Morgan fingerprint density at radius 2 is 1.76 bits per heavy atom. The molecule has 0 amide bonds. The highest BCUT2D eigenvalue weighted by molar-refractivity contribution is 7.10. The van der Waals surface area contributed by atoms with Crippen LogP contribution < -0.4 is 5.32 Å². The van der Waals surface area contributed by atoms with Gasteiger partial charge < -0.3 is 5.32 Å². The maximum absolute atomic E-state index is 3.64. The van der Waals surface area contributed by atoms with Gasteiger partial charge in [0.1, 0.15) is 0 Å². The Kier molecular flexibility index (Phi) is 6.43. The van der Waals surface area contributed by atoms with Crippen LogP contribution in [0.2, 0.25) is 0 Å². The number of thiophene rings is 1. The third-order valence-electron chi connectivity index (χ3n) is 3.98. The molecule has 114 valence electrons. The maximum atomic E-state index is 3.64. The van der Waals surface area contributed by atoms with Crippen LogP contribution in [0.3, 0.4) is 0 Å². The number of nitrogens with zero attached hydrogens (tertiary/aromatic N) is 1. The normalized spacial score (nSPS) is 12.8. The fourth-order valence-corrected chi connectivity index (χ4v) is 3.23. The highest BCUT2D eigenvalue weighted by Gasteiger charge is 2.09. The first-order chi connectivity index (χ1) is 10.2. The van der Waals surface area contributed by atoms with Gasteiger partial charge in [-0.2, -0.15) is 0 Å². The van der Waals surface area contributed by atoms with Gasteiger partial charge in [0, 0.05) is 24.0 Å². The monoisotopic (exact) mass is 302 g/mol. The van der Waals surface area contributed by atoms with Crippen LogP contribution in [0.5, 0.6) is 0 Å². The van der Waals surface area contributed by atoms with Crippen molar-refractivity contribution in [1.29, 1.82) is 0 Å². The smallest absolute Gasteiger partial charge is 0.0388 e. The molecule has 0 aliphatic rings. The molecule has 0 fully saturated rings. The Bertz CT molecular complexity index is 518. The van der Waals surface area contributed by atoms with E-state index in [-0.39, 0.29) is 0 Å². The molecule has 0 aliphatic heterocycles. The van der Waals surface area contributed by atoms with Crippen LogP contribution in [0, 0.1) is 0 Å². The van der Waals surface area contributed by atoms with E-state index in [1.807, 2.05) is 11.3 Å². The molecule has 1 heterocycles. The average Bonchev–Trinajstić information content (AvgIpc) is 3.05. The Balaban J connectivity index is 1.99. The van der Waals surface area contributed by atoms with Crippen LogP contribution >= 0.6 is 11.3 Å². The molecule has 1 aromatic heterocycles. The van der Waals surface area contributed by atoms with Gasteiger partial charge in [0.15, 0.2) is 0 Å². The Morgan fingerprint density at radius 3 is 2.38 bits per heavy atom. The lowest BCUT2D eigenvalue weighted by molar-refractivity contribution is 0.294. The Labute approximate surface area is 132 Å². The van der Waals surface area contributed by atoms with Crippen molar-refractivity contribution in [3.05, 3.63) is 57.8 Å². The second-order valence-electron chi connectivity index (χ2n) is 5.35. The first kappa shape index (κ1) is 16.2. The molecule has 0 bridgehead atoms. The van der Waals surface area contributed by atoms with Crippen molar-refractivity contribution in [2.24, 2.45) is 0 Å². The number of nitrogens with one attached hydrogen (secondary N) is 1. The van der Waals surface area contributed by atoms with E-state index < -0.39 is 0 Å². The van der Waals surface area contributed by atoms with Gasteiger partial charge in [0.05, 0.1) is 0 Å². The van der Waals surface area contributed by atoms with Crippen LogP contribution in [-0.4, -0.2) is 18.0 Å². The van der Waals surface area contributed by atoms with Gasteiger partial charge in [0.25, 0.3) is 0 Å². The minimum Gasteiger partial charge on any atom is -0.305 e. The summed E-state index contributed by atoms with van der Waals surface area (Å²) in [6.07, 6.45) is 0. The van der Waals surface area contributed by atoms with E-state index in [4.69, 9.17) is 0 Å². The molecule has 2 aromatic rings. The summed E-state index contributed by atoms with van der Waals surface area (Å²) < 4.78 is 0. The summed E-state index contributed by atoms with van der Waals surface area (Å²) in [5, 5.41) is 5.78. The molecule has 0 saturated carbocycles. The molecule has 1 unspecified atom stereocenters. The van der Waals surface area contributed by atoms with E-state index in [9.17, 15) is 0 Å². The second-order valence-corrected chi connectivity index (χ2v) is 6.33. The van der Waals surface area contributed by atoms with Gasteiger partial charge in [-0.15, -0.1) is 11.3 Å². The van der Waals surface area contributed by atoms with E-state index in [2.05, 4.69) is 72.8 Å². The molecule has 1 aromatic carbocycles. The average molecular weight is 302 g/mol. The standard InChI is InChI=1S/C18H26N2S/c1-4-20(5-2)14-17-10-7-6-9-16(17)13-19-15(3)18-11-8-12-21-18/h6-12,15,19H,4-5,13-14H2,1-3H3. The van der Waals surface area contributed by atoms with Crippen molar-refractivity contribution in [2.45, 2.75) is 39.9 Å². The minimum atomic E-state index is 0.409. The Morgan fingerprint density at radius 1 is 1.05 bits per heavy atom. The molecular weight excluding hydrogens is 276 g/mol. The molecule has 1 atom stereocenters. The van der Waals surface area contributed by atoms with Crippen molar-refractivity contribution >= 4 is 11.3 Å². The van der Waals surface area contributed by atoms with Crippen LogP contribution in [0.15, 0.2) is 41.8 Å². The number of rotatable bonds is 8. The molecule has 21 heavy (non-hydrogen) atoms. The van der Waals surface area contributed by atoms with Crippen molar-refractivity contribution < 1.29 is 0 Å². The summed E-state index contributed by atoms with van der Waals surface area (Å²) in [5.41, 5.74) is 2.85. The third-order valence-corrected chi connectivity index (χ3v) is 5.03. The Hall–Kier alpha value is -1.16. The second kappa shape index (κ2) is 8.32. The largest absolute Gasteiger partial charge is 0.305 e. The van der Waals surface area contributed by atoms with Gasteiger partial charge in [0.2, 0.25) is 0 Å². The van der Waals surface area contributed by atoms with E-state index in [0.29, 0.717) is 6.04 Å². The summed E-state index contributed by atoms with van der Waals surface area (Å²) in [7, 11) is 0. The molecule has 0 saturated heterocycles. The zero-order valence-electron chi connectivity index (χ0n) is 13.3. The van der Waals surface area contributed by atoms with E-state index in [1.54, 1.807) is 0 Å². The highest BCUT2D eigenvalue weighted by atomic mass is 32.1. The lowest BCUT2D eigenvalue weighted by atomic mass is 10.1. The van der Waals surface area contributed by atoms with Crippen LogP contribution in [0.1, 0.15) is 42.8 Å². The molecule has 0 aliphatic carbocycles. The van der Waals surface area contributed by atoms with Gasteiger partial charge >= 0.3 is 0 Å². The predicted octanol–water partition coefficient (Wildman–Crippen LogP) is 4.44. The van der Waals surface area contributed by atoms with Crippen molar-refractivity contribution in [2.75, 3.05) is 13.1 Å². The number of benzene rings is 1. The maximum Gasteiger partial charge on any atom is 0.0388 e. The molecule has 2 nitrogen and oxygen atoms in total. The predicted molar refractivity (Wildman–Crippen MR) is 92.6 cm³/mol. The third kappa shape index (κ3) is 4.67. The molecule has 3 heteroatoms. The van der Waals surface area contributed by atoms with Crippen LogP contribution in [0.25, 0.3) is 0 Å². The first-order valence-corrected chi connectivity index (χ1v) is 8.68. The highest BCUT2D eigenvalue weighted by Crippen LogP contribution is 2.19. The lowest BCUT2D eigenvalue weighted by Gasteiger charge is -2.21. The fraction of sp³-hybridized carbons (Fsp3) is 0.444. The first-order valence-electron chi connectivity index (χ1n) is 7.80. The fourth-order valence-electron chi connectivity index (χ4n) is 2.47. The van der Waals surface area contributed by atoms with Crippen LogP contribution in [-0.2, 0) is 13.1 Å². The van der Waals surface area contributed by atoms with Crippen molar-refractivity contribution in [3.8, 4) is 0 Å². The quantitative estimate of drug-likeness (QED) is 0.775. The summed E-state index contributed by atoms with van der Waals surface area (Å²) in [5.74, 6) is 0. The SMILES string of the molecule is CCN(CC)Cc1ccccc1CNC(C)c1cccs1. The number of hydrogen-bond donors (Lipinski definition) is 1. The summed E-state index contributed by atoms with van der Waals surface area (Å²) >= 11 is 1.82. The van der Waals surface area contributed by atoms with Crippen molar-refractivity contribution in [3.63, 3.8) is 0 Å². The van der Waals surface area contributed by atoms with E-state index >= 15 is 0 Å². The van der Waals surface area contributed by atoms with E-state index in [0.717, 1.165) is 26.2 Å². The lowest BCUT2D eigenvalue weighted by Crippen LogP contribution is -2.24. The summed E-state index contributed by atoms with van der Waals surface area (Å²) in [4.78, 5) is 3.86. The zero-order valence-corrected chi connectivity index (χ0v) is 14.1. The summed E-state index contributed by atoms with van der Waals surface area (Å²) in [6.45, 7) is 10.9. The van der Waals surface area contributed by atoms with Crippen molar-refractivity contribution in [1.82, 2.24) is 10.2 Å². The van der Waals surface area contributed by atoms with Gasteiger partial charge in [-0.3, -0.25) is 4.90 Å². The van der Waals surface area contributed by atoms with Gasteiger partial charge in [-0.05, 0) is 42.6 Å². The summed E-state index contributed by atoms with van der Waals surface area (Å²) in [6, 6.07) is 13.5. The molecule has 0 radical (unpaired) electrons. The molecule has 1 N–H and O–H groups in total. The van der Waals surface area contributed by atoms with Gasteiger partial charge in [-0.25, -0.2) is 0 Å². The molecular formula is C18H26N2S. The van der Waals surface area contributed by atoms with Gasteiger partial charge in [-0.1, -0.05) is 44.2 Å². The zero-order chi connectivity index (χ0) is 15.1. The van der Waals surface area contributed by atoms with Crippen LogP contribution in [0.4, 0.5) is 0 Å². The molecule has 0 spiro atoms. The minimum absolute atomic E-state index is 0.409. The van der Waals surface area contributed by atoms with E-state index in [1.165, 1.54) is 16.0 Å². The topological polar surface area (TPSA) is 15.3 Å². The molecule has 2 rings (SSSR count).